The van der Waals surface area contributed by atoms with Crippen molar-refractivity contribution in [2.75, 3.05) is 13.6 Å². The van der Waals surface area contributed by atoms with Crippen molar-refractivity contribution in [3.63, 3.8) is 0 Å². The molecule has 0 aliphatic carbocycles. The van der Waals surface area contributed by atoms with Gasteiger partial charge in [-0.05, 0) is 19.1 Å². The van der Waals surface area contributed by atoms with Gasteiger partial charge in [-0.1, -0.05) is 19.1 Å². The van der Waals surface area contributed by atoms with Crippen LogP contribution in [0.2, 0.25) is 0 Å². The Morgan fingerprint density at radius 2 is 1.95 bits per heavy atom. The summed E-state index contributed by atoms with van der Waals surface area (Å²) in [6.45, 7) is 4.22. The van der Waals surface area contributed by atoms with Crippen LogP contribution in [0.1, 0.15) is 24.9 Å². The molecule has 2 rings (SSSR count). The standard InChI is InChI=1S/C14H19N3OS.2ClH/c1-9(8-15)14(18)17(3)10(2)13-16-11-6-4-5-7-12(11)19-13;;/h4-7,9-10H,8,15H2,1-3H3;2*1H. The number of thiazole rings is 1. The smallest absolute Gasteiger partial charge is 0.227 e. The van der Waals surface area contributed by atoms with Gasteiger partial charge in [0.25, 0.3) is 0 Å². The van der Waals surface area contributed by atoms with E-state index in [1.54, 1.807) is 16.2 Å². The molecule has 1 heterocycles. The first-order valence-corrected chi connectivity index (χ1v) is 7.18. The summed E-state index contributed by atoms with van der Waals surface area (Å²) in [6, 6.07) is 7.99. The number of carbonyl (C=O) groups excluding carboxylic acids is 1. The highest BCUT2D eigenvalue weighted by Crippen LogP contribution is 2.29. The lowest BCUT2D eigenvalue weighted by Gasteiger charge is -2.25. The third-order valence-electron chi connectivity index (χ3n) is 3.37. The van der Waals surface area contributed by atoms with Crippen LogP contribution in [0.5, 0.6) is 0 Å². The first-order chi connectivity index (χ1) is 9.04. The molecule has 1 aromatic carbocycles. The number of benzene rings is 1. The molecule has 4 nitrogen and oxygen atoms in total. The number of hydrogen-bond acceptors (Lipinski definition) is 4. The number of halogens is 2. The zero-order valence-electron chi connectivity index (χ0n) is 12.3. The average Bonchev–Trinajstić information content (AvgIpc) is 2.87. The van der Waals surface area contributed by atoms with Crippen LogP contribution >= 0.6 is 36.2 Å². The lowest BCUT2D eigenvalue weighted by molar-refractivity contribution is -0.135. The Bertz CT molecular complexity index is 557. The molecule has 1 aromatic heterocycles. The minimum Gasteiger partial charge on any atom is -0.336 e. The predicted molar refractivity (Wildman–Crippen MR) is 93.5 cm³/mol. The average molecular weight is 350 g/mol. The molecule has 0 spiro atoms. The van der Waals surface area contributed by atoms with Crippen LogP contribution in [0, 0.1) is 5.92 Å². The van der Waals surface area contributed by atoms with Crippen molar-refractivity contribution in [2.24, 2.45) is 11.7 Å². The minimum atomic E-state index is -0.151. The van der Waals surface area contributed by atoms with E-state index in [0.717, 1.165) is 15.2 Å². The van der Waals surface area contributed by atoms with Gasteiger partial charge in [-0.3, -0.25) is 4.79 Å². The van der Waals surface area contributed by atoms with Crippen LogP contribution in [-0.2, 0) is 4.79 Å². The van der Waals surface area contributed by atoms with Crippen LogP contribution in [0.4, 0.5) is 0 Å². The highest BCUT2D eigenvalue weighted by molar-refractivity contribution is 7.18. The van der Waals surface area contributed by atoms with E-state index in [4.69, 9.17) is 5.73 Å². The number of rotatable bonds is 4. The SMILES string of the molecule is CC(CN)C(=O)N(C)C(C)c1nc2ccccc2s1.Cl.Cl. The molecule has 21 heavy (non-hydrogen) atoms. The number of hydrogen-bond donors (Lipinski definition) is 1. The molecular weight excluding hydrogens is 329 g/mol. The summed E-state index contributed by atoms with van der Waals surface area (Å²) in [5.41, 5.74) is 6.54. The topological polar surface area (TPSA) is 59.2 Å². The zero-order chi connectivity index (χ0) is 14.0. The van der Waals surface area contributed by atoms with Gasteiger partial charge < -0.3 is 10.6 Å². The molecule has 0 aliphatic rings. The second kappa shape index (κ2) is 8.54. The van der Waals surface area contributed by atoms with Crippen molar-refractivity contribution in [3.05, 3.63) is 29.3 Å². The molecule has 2 aromatic rings. The molecule has 118 valence electrons. The van der Waals surface area contributed by atoms with Gasteiger partial charge in [-0.25, -0.2) is 4.98 Å². The number of nitrogens with two attached hydrogens (primary N) is 1. The monoisotopic (exact) mass is 349 g/mol. The summed E-state index contributed by atoms with van der Waals surface area (Å²) in [4.78, 5) is 18.5. The van der Waals surface area contributed by atoms with Crippen molar-refractivity contribution < 1.29 is 4.79 Å². The van der Waals surface area contributed by atoms with Crippen LogP contribution in [0.3, 0.4) is 0 Å². The molecule has 0 aliphatic heterocycles. The first kappa shape index (κ1) is 20.1. The molecule has 0 saturated heterocycles. The molecule has 2 atom stereocenters. The van der Waals surface area contributed by atoms with E-state index in [1.807, 2.05) is 45.2 Å². The van der Waals surface area contributed by atoms with Crippen molar-refractivity contribution >= 4 is 52.3 Å². The molecule has 1 amide bonds. The summed E-state index contributed by atoms with van der Waals surface area (Å²) in [5.74, 6) is -0.0870. The summed E-state index contributed by atoms with van der Waals surface area (Å²) in [6.07, 6.45) is 0. The first-order valence-electron chi connectivity index (χ1n) is 6.36. The Balaban J connectivity index is 0.00000200. The van der Waals surface area contributed by atoms with E-state index in [-0.39, 0.29) is 42.7 Å². The van der Waals surface area contributed by atoms with Crippen molar-refractivity contribution in [1.29, 1.82) is 0 Å². The Kier molecular flexibility index (Phi) is 8.18. The second-order valence-electron chi connectivity index (χ2n) is 4.78. The second-order valence-corrected chi connectivity index (χ2v) is 5.84. The zero-order valence-corrected chi connectivity index (χ0v) is 14.7. The van der Waals surface area contributed by atoms with Gasteiger partial charge in [0.2, 0.25) is 5.91 Å². The van der Waals surface area contributed by atoms with E-state index in [1.165, 1.54) is 0 Å². The van der Waals surface area contributed by atoms with Gasteiger partial charge in [-0.2, -0.15) is 0 Å². The highest BCUT2D eigenvalue weighted by Gasteiger charge is 2.23. The van der Waals surface area contributed by atoms with E-state index < -0.39 is 0 Å². The lowest BCUT2D eigenvalue weighted by atomic mass is 10.1. The Hall–Kier alpha value is -0.880. The molecule has 0 saturated carbocycles. The van der Waals surface area contributed by atoms with E-state index in [9.17, 15) is 4.79 Å². The van der Waals surface area contributed by atoms with Gasteiger partial charge in [0.1, 0.15) is 5.01 Å². The van der Waals surface area contributed by atoms with Gasteiger partial charge >= 0.3 is 0 Å². The lowest BCUT2D eigenvalue weighted by Crippen LogP contribution is -2.36. The van der Waals surface area contributed by atoms with Gasteiger partial charge in [0.15, 0.2) is 0 Å². The number of nitrogens with zero attached hydrogens (tertiary/aromatic N) is 2. The molecule has 0 radical (unpaired) electrons. The Morgan fingerprint density at radius 3 is 2.52 bits per heavy atom. The number of fused-ring (bicyclic) bond motifs is 1. The maximum atomic E-state index is 12.1. The van der Waals surface area contributed by atoms with Gasteiger partial charge in [0.05, 0.1) is 16.3 Å². The summed E-state index contributed by atoms with van der Waals surface area (Å²) in [7, 11) is 1.81. The Morgan fingerprint density at radius 1 is 1.33 bits per heavy atom. The third kappa shape index (κ3) is 4.30. The largest absolute Gasteiger partial charge is 0.336 e. The van der Waals surface area contributed by atoms with E-state index in [0.29, 0.717) is 6.54 Å². The summed E-state index contributed by atoms with van der Waals surface area (Å²) < 4.78 is 1.15. The predicted octanol–water partition coefficient (Wildman–Crippen LogP) is 3.25. The van der Waals surface area contributed by atoms with Gasteiger partial charge in [0, 0.05) is 19.5 Å². The van der Waals surface area contributed by atoms with Crippen LogP contribution in [0.25, 0.3) is 10.2 Å². The number of para-hydroxylation sites is 1. The molecule has 2 unspecified atom stereocenters. The number of carbonyl (C=O) groups is 1. The molecule has 7 heteroatoms. The molecule has 2 N–H and O–H groups in total. The molecule has 0 bridgehead atoms. The van der Waals surface area contributed by atoms with Crippen LogP contribution < -0.4 is 5.73 Å². The fourth-order valence-corrected chi connectivity index (χ4v) is 2.94. The number of amides is 1. The van der Waals surface area contributed by atoms with E-state index >= 15 is 0 Å². The van der Waals surface area contributed by atoms with Crippen molar-refractivity contribution in [2.45, 2.75) is 19.9 Å². The molecule has 0 fully saturated rings. The summed E-state index contributed by atoms with van der Waals surface area (Å²) in [5, 5.41) is 0.960. The highest BCUT2D eigenvalue weighted by atomic mass is 35.5. The van der Waals surface area contributed by atoms with Gasteiger partial charge in [-0.15, -0.1) is 36.2 Å². The number of aromatic nitrogens is 1. The van der Waals surface area contributed by atoms with Crippen molar-refractivity contribution in [1.82, 2.24) is 9.88 Å². The molecular formula is C14H21Cl2N3OS. The summed E-state index contributed by atoms with van der Waals surface area (Å²) >= 11 is 1.63. The normalized spacial score (nSPS) is 13.0. The van der Waals surface area contributed by atoms with Crippen molar-refractivity contribution in [3.8, 4) is 0 Å². The fourth-order valence-electron chi connectivity index (χ4n) is 1.87. The maximum absolute atomic E-state index is 12.1. The third-order valence-corrected chi connectivity index (χ3v) is 4.58. The quantitative estimate of drug-likeness (QED) is 0.921. The Labute approximate surface area is 141 Å². The maximum Gasteiger partial charge on any atom is 0.227 e. The fraction of sp³-hybridized carbons (Fsp3) is 0.429. The van der Waals surface area contributed by atoms with Crippen LogP contribution in [0.15, 0.2) is 24.3 Å². The minimum absolute atomic E-state index is 0. The van der Waals surface area contributed by atoms with Crippen LogP contribution in [-0.4, -0.2) is 29.4 Å². The van der Waals surface area contributed by atoms with E-state index in [2.05, 4.69) is 4.98 Å².